The Morgan fingerprint density at radius 2 is 2.23 bits per heavy atom. The number of thiocarbonyl (C=S) groups is 1. The summed E-state index contributed by atoms with van der Waals surface area (Å²) in [5.41, 5.74) is 6.69. The number of aromatic amines is 1. The largest absolute Gasteiger partial charge is 0.480 e. The number of aromatic nitrogens is 6. The quantitative estimate of drug-likeness (QED) is 0.136. The molecule has 3 atom stereocenters. The second-order valence-corrected chi connectivity index (χ2v) is 10.3. The van der Waals surface area contributed by atoms with Crippen molar-refractivity contribution in [1.29, 1.82) is 0 Å². The second-order valence-electron chi connectivity index (χ2n) is 7.77. The van der Waals surface area contributed by atoms with Crippen LogP contribution in [0.1, 0.15) is 11.5 Å². The van der Waals surface area contributed by atoms with Gasteiger partial charge in [-0.25, -0.2) is 14.5 Å². The SMILES string of the molecule is Cn1nnnc1SCC1=C(C(=O)O)N2C(=O)[C@@H](NC(=S)Cc3ncc(CC(N)C(=O)O)[nH]3)[C@@H]2SC1. The fourth-order valence-corrected chi connectivity index (χ4v) is 6.19. The lowest BCUT2D eigenvalue weighted by Crippen LogP contribution is -2.70. The van der Waals surface area contributed by atoms with E-state index in [-0.39, 0.29) is 24.4 Å². The number of tetrazole rings is 1. The van der Waals surface area contributed by atoms with Gasteiger partial charge in [-0.3, -0.25) is 14.5 Å². The molecule has 14 nitrogen and oxygen atoms in total. The van der Waals surface area contributed by atoms with Gasteiger partial charge < -0.3 is 26.2 Å². The number of thioether (sulfide) groups is 2. The van der Waals surface area contributed by atoms with Crippen LogP contribution in [0.5, 0.6) is 0 Å². The van der Waals surface area contributed by atoms with Crippen molar-refractivity contribution in [2.24, 2.45) is 12.8 Å². The molecule has 2 aromatic rings. The molecule has 2 aliphatic rings. The summed E-state index contributed by atoms with van der Waals surface area (Å²) in [5.74, 6) is -1.39. The van der Waals surface area contributed by atoms with E-state index in [0.717, 1.165) is 0 Å². The molecule has 35 heavy (non-hydrogen) atoms. The van der Waals surface area contributed by atoms with Gasteiger partial charge in [0, 0.05) is 36.9 Å². The third-order valence-electron chi connectivity index (χ3n) is 5.29. The first-order chi connectivity index (χ1) is 16.7. The van der Waals surface area contributed by atoms with E-state index in [4.69, 9.17) is 23.1 Å². The number of imidazole rings is 1. The molecule has 0 bridgehead atoms. The molecular weight excluding hydrogens is 518 g/mol. The highest BCUT2D eigenvalue weighted by atomic mass is 32.2. The van der Waals surface area contributed by atoms with Crippen molar-refractivity contribution in [2.45, 2.75) is 35.5 Å². The lowest BCUT2D eigenvalue weighted by molar-refractivity contribution is -0.148. The molecule has 4 heterocycles. The Morgan fingerprint density at radius 3 is 2.89 bits per heavy atom. The molecule has 17 heteroatoms. The van der Waals surface area contributed by atoms with Crippen molar-refractivity contribution in [3.63, 3.8) is 0 Å². The number of carboxylic acid groups (broad SMARTS) is 2. The van der Waals surface area contributed by atoms with Crippen LogP contribution in [0.4, 0.5) is 0 Å². The van der Waals surface area contributed by atoms with E-state index in [1.165, 1.54) is 39.3 Å². The summed E-state index contributed by atoms with van der Waals surface area (Å²) >= 11 is 8.13. The molecule has 4 rings (SSSR count). The van der Waals surface area contributed by atoms with E-state index in [1.54, 1.807) is 7.05 Å². The Balaban J connectivity index is 1.37. The molecule has 6 N–H and O–H groups in total. The van der Waals surface area contributed by atoms with Gasteiger partial charge in [-0.1, -0.05) is 24.0 Å². The summed E-state index contributed by atoms with van der Waals surface area (Å²) in [6.07, 6.45) is 1.79. The predicted molar refractivity (Wildman–Crippen MR) is 128 cm³/mol. The standard InChI is InChI=1S/C18H21N9O5S3/c1-26-18(23-24-25-26)35-6-7-5-34-15-12(14(28)27(15)13(7)17(31)32)22-11(33)3-10-20-4-8(21-10)2-9(19)16(29)30/h4,9,12,15H,2-3,5-6,19H2,1H3,(H,20,21)(H,22,33)(H,29,30)(H,31,32)/t9?,12-,15+/m1/s1. The number of hydrogen-bond acceptors (Lipinski definition) is 11. The monoisotopic (exact) mass is 539 g/mol. The molecule has 1 amide bonds. The lowest BCUT2D eigenvalue weighted by Gasteiger charge is -2.49. The molecule has 0 aromatic carbocycles. The van der Waals surface area contributed by atoms with Crippen molar-refractivity contribution in [3.8, 4) is 0 Å². The number of fused-ring (bicyclic) bond motifs is 1. The molecule has 186 valence electrons. The lowest BCUT2D eigenvalue weighted by atomic mass is 10.0. The van der Waals surface area contributed by atoms with Crippen LogP contribution in [0.25, 0.3) is 0 Å². The second kappa shape index (κ2) is 10.3. The molecule has 0 spiro atoms. The van der Waals surface area contributed by atoms with Gasteiger partial charge in [0.15, 0.2) is 0 Å². The van der Waals surface area contributed by atoms with Crippen molar-refractivity contribution in [1.82, 2.24) is 40.4 Å². The van der Waals surface area contributed by atoms with E-state index < -0.39 is 29.4 Å². The van der Waals surface area contributed by atoms with E-state index in [2.05, 4.69) is 30.8 Å². The van der Waals surface area contributed by atoms with Crippen LogP contribution in [0.2, 0.25) is 0 Å². The maximum absolute atomic E-state index is 12.9. The highest BCUT2D eigenvalue weighted by molar-refractivity contribution is 8.01. The maximum Gasteiger partial charge on any atom is 0.352 e. The van der Waals surface area contributed by atoms with E-state index >= 15 is 0 Å². The number of β-lactam (4-membered cyclic amide) rings is 1. The van der Waals surface area contributed by atoms with Crippen molar-refractivity contribution >= 4 is 58.6 Å². The molecule has 1 fully saturated rings. The van der Waals surface area contributed by atoms with Crippen molar-refractivity contribution in [3.05, 3.63) is 29.0 Å². The Bertz CT molecular complexity index is 1210. The number of amides is 1. The number of carbonyl (C=O) groups is 3. The summed E-state index contributed by atoms with van der Waals surface area (Å²) in [7, 11) is 1.69. The van der Waals surface area contributed by atoms with Crippen LogP contribution in [0.15, 0.2) is 22.6 Å². The van der Waals surface area contributed by atoms with Gasteiger partial charge in [0.05, 0.1) is 11.4 Å². The Morgan fingerprint density at radius 1 is 1.46 bits per heavy atom. The molecule has 0 saturated carbocycles. The minimum absolute atomic E-state index is 0.0178. The molecule has 1 unspecified atom stereocenters. The summed E-state index contributed by atoms with van der Waals surface area (Å²) < 4.78 is 1.49. The highest BCUT2D eigenvalue weighted by Crippen LogP contribution is 2.41. The minimum atomic E-state index is -1.17. The predicted octanol–water partition coefficient (Wildman–Crippen LogP) is -1.24. The van der Waals surface area contributed by atoms with Crippen molar-refractivity contribution < 1.29 is 24.6 Å². The number of aliphatic carboxylic acids is 2. The van der Waals surface area contributed by atoms with E-state index in [0.29, 0.717) is 38.7 Å². The molecule has 0 radical (unpaired) electrons. The topological polar surface area (TPSA) is 205 Å². The molecule has 0 aliphatic carbocycles. The van der Waals surface area contributed by atoms with Gasteiger partial charge in [0.1, 0.15) is 29.0 Å². The van der Waals surface area contributed by atoms with Crippen LogP contribution in [0, 0.1) is 0 Å². The zero-order valence-corrected chi connectivity index (χ0v) is 20.7. The zero-order chi connectivity index (χ0) is 25.3. The molecule has 2 aliphatic heterocycles. The van der Waals surface area contributed by atoms with Gasteiger partial charge in [0.2, 0.25) is 5.16 Å². The van der Waals surface area contributed by atoms with Crippen LogP contribution >= 0.6 is 35.7 Å². The minimum Gasteiger partial charge on any atom is -0.480 e. The highest BCUT2D eigenvalue weighted by Gasteiger charge is 2.53. The fraction of sp³-hybridized carbons (Fsp3) is 0.444. The van der Waals surface area contributed by atoms with Gasteiger partial charge in [-0.05, 0) is 16.0 Å². The van der Waals surface area contributed by atoms with E-state index in [9.17, 15) is 19.5 Å². The number of hydrogen-bond donors (Lipinski definition) is 5. The number of nitrogens with zero attached hydrogens (tertiary/aromatic N) is 6. The summed E-state index contributed by atoms with van der Waals surface area (Å²) in [4.78, 5) is 44.6. The summed E-state index contributed by atoms with van der Waals surface area (Å²) in [6, 6.07) is -1.71. The maximum atomic E-state index is 12.9. The van der Waals surface area contributed by atoms with Crippen molar-refractivity contribution in [2.75, 3.05) is 11.5 Å². The van der Waals surface area contributed by atoms with Gasteiger partial charge in [0.25, 0.3) is 5.91 Å². The average Bonchev–Trinajstić information content (AvgIpc) is 3.43. The fourth-order valence-electron chi connectivity index (χ4n) is 3.59. The molecule has 1 saturated heterocycles. The average molecular weight is 540 g/mol. The van der Waals surface area contributed by atoms with Crippen LogP contribution in [-0.4, -0.2) is 97.1 Å². The first kappa shape index (κ1) is 25.1. The number of carbonyl (C=O) groups excluding carboxylic acids is 1. The van der Waals surface area contributed by atoms with Crippen LogP contribution < -0.4 is 11.1 Å². The zero-order valence-electron chi connectivity index (χ0n) is 18.2. The number of rotatable bonds is 10. The Hall–Kier alpha value is -3.02. The third-order valence-corrected chi connectivity index (χ3v) is 7.99. The Labute approximate surface area is 212 Å². The van der Waals surface area contributed by atoms with Crippen LogP contribution in [-0.2, 0) is 34.3 Å². The smallest absolute Gasteiger partial charge is 0.352 e. The van der Waals surface area contributed by atoms with Gasteiger partial charge in [-0.15, -0.1) is 16.9 Å². The molecular formula is C18H21N9O5S3. The normalized spacial score (nSPS) is 20.3. The Kier molecular flexibility index (Phi) is 7.39. The summed E-state index contributed by atoms with van der Waals surface area (Å²) in [6.45, 7) is 0. The number of carboxylic acids is 2. The first-order valence-electron chi connectivity index (χ1n) is 10.2. The number of aryl methyl sites for hydroxylation is 1. The number of H-pyrrole nitrogens is 1. The number of nitrogens with one attached hydrogen (secondary N) is 2. The van der Waals surface area contributed by atoms with E-state index in [1.807, 2.05) is 0 Å². The van der Waals surface area contributed by atoms with Gasteiger partial charge in [-0.2, -0.15) is 0 Å². The van der Waals surface area contributed by atoms with Crippen LogP contribution in [0.3, 0.4) is 0 Å². The third kappa shape index (κ3) is 5.31. The first-order valence-corrected chi connectivity index (χ1v) is 12.7. The molecule has 2 aromatic heterocycles. The summed E-state index contributed by atoms with van der Waals surface area (Å²) in [5, 5.41) is 33.1. The van der Waals surface area contributed by atoms with Gasteiger partial charge >= 0.3 is 11.9 Å². The number of nitrogens with two attached hydrogens (primary N) is 1.